The third kappa shape index (κ3) is 3.84. The lowest BCUT2D eigenvalue weighted by atomic mass is 10.1. The Kier molecular flexibility index (Phi) is 5.60. The minimum atomic E-state index is -0.486. The lowest BCUT2D eigenvalue weighted by Gasteiger charge is -2.31. The molecule has 19 heavy (non-hydrogen) atoms. The second-order valence-electron chi connectivity index (χ2n) is 4.81. The number of carbonyl (C=O) groups excluding carboxylic acids is 1. The van der Waals surface area contributed by atoms with Crippen LogP contribution in [0.15, 0.2) is 12.3 Å². The van der Waals surface area contributed by atoms with Crippen molar-refractivity contribution in [3.63, 3.8) is 0 Å². The first-order chi connectivity index (χ1) is 9.01. The Morgan fingerprint density at radius 3 is 2.68 bits per heavy atom. The maximum Gasteiger partial charge on any atom is 0.252 e. The minimum absolute atomic E-state index is 0.306. The summed E-state index contributed by atoms with van der Waals surface area (Å²) in [6.07, 6.45) is 4.69. The fraction of sp³-hybridized carbons (Fsp3) is 0.571. The number of nitrogen functional groups attached to an aromatic ring is 1. The summed E-state index contributed by atoms with van der Waals surface area (Å²) >= 11 is 0. The molecule has 1 heterocycles. The molecule has 0 bridgehead atoms. The average molecular weight is 264 g/mol. The van der Waals surface area contributed by atoms with Gasteiger partial charge in [-0.2, -0.15) is 0 Å². The van der Waals surface area contributed by atoms with E-state index < -0.39 is 5.91 Å². The van der Waals surface area contributed by atoms with Gasteiger partial charge in [-0.05, 0) is 25.8 Å². The molecule has 0 saturated heterocycles. The van der Waals surface area contributed by atoms with Gasteiger partial charge in [0, 0.05) is 12.6 Å². The minimum Gasteiger partial charge on any atom is -0.397 e. The van der Waals surface area contributed by atoms with Crippen molar-refractivity contribution in [2.75, 3.05) is 17.2 Å². The first-order valence-corrected chi connectivity index (χ1v) is 6.83. The summed E-state index contributed by atoms with van der Waals surface area (Å²) in [7, 11) is 0. The van der Waals surface area contributed by atoms with Crippen molar-refractivity contribution in [3.8, 4) is 0 Å². The summed E-state index contributed by atoms with van der Waals surface area (Å²) in [4.78, 5) is 18.0. The Hall–Kier alpha value is -1.78. The summed E-state index contributed by atoms with van der Waals surface area (Å²) in [6.45, 7) is 7.24. The first kappa shape index (κ1) is 15.3. The number of unbranched alkanes of at least 4 members (excludes halogenated alkanes) is 1. The number of nitrogens with zero attached hydrogens (tertiary/aromatic N) is 2. The predicted molar refractivity (Wildman–Crippen MR) is 79.2 cm³/mol. The Bertz CT molecular complexity index is 433. The maximum atomic E-state index is 11.6. The second kappa shape index (κ2) is 6.97. The van der Waals surface area contributed by atoms with Gasteiger partial charge >= 0.3 is 0 Å². The Balaban J connectivity index is 3.17. The van der Waals surface area contributed by atoms with E-state index >= 15 is 0 Å². The maximum absolute atomic E-state index is 11.6. The molecule has 1 unspecified atom stereocenters. The Morgan fingerprint density at radius 1 is 1.47 bits per heavy atom. The quantitative estimate of drug-likeness (QED) is 0.790. The van der Waals surface area contributed by atoms with Crippen LogP contribution >= 0.6 is 0 Å². The molecule has 0 aliphatic carbocycles. The van der Waals surface area contributed by atoms with Gasteiger partial charge in [0.15, 0.2) is 0 Å². The highest BCUT2D eigenvalue weighted by Gasteiger charge is 2.20. The molecular weight excluding hydrogens is 240 g/mol. The number of hydrogen-bond acceptors (Lipinski definition) is 4. The van der Waals surface area contributed by atoms with E-state index in [2.05, 4.69) is 30.7 Å². The molecule has 1 atom stereocenters. The molecule has 0 radical (unpaired) electrons. The number of amides is 1. The first-order valence-electron chi connectivity index (χ1n) is 6.83. The van der Waals surface area contributed by atoms with Gasteiger partial charge in [-0.15, -0.1) is 0 Å². The largest absolute Gasteiger partial charge is 0.397 e. The molecule has 1 rings (SSSR count). The summed E-state index contributed by atoms with van der Waals surface area (Å²) in [5.41, 5.74) is 12.0. The van der Waals surface area contributed by atoms with Gasteiger partial charge < -0.3 is 16.4 Å². The number of hydrogen-bond donors (Lipinski definition) is 2. The van der Waals surface area contributed by atoms with Crippen molar-refractivity contribution < 1.29 is 4.79 Å². The van der Waals surface area contributed by atoms with E-state index in [0.29, 0.717) is 23.1 Å². The SMILES string of the molecule is CCCCN(c1ncc(N)cc1C(N)=O)C(C)CC. The predicted octanol–water partition coefficient (Wildman–Crippen LogP) is 2.17. The van der Waals surface area contributed by atoms with Gasteiger partial charge in [-0.1, -0.05) is 20.3 Å². The number of carbonyl (C=O) groups is 1. The fourth-order valence-corrected chi connectivity index (χ4v) is 1.97. The topological polar surface area (TPSA) is 85.2 Å². The highest BCUT2D eigenvalue weighted by Crippen LogP contribution is 2.23. The molecular formula is C14H24N4O. The fourth-order valence-electron chi connectivity index (χ4n) is 1.97. The lowest BCUT2D eigenvalue weighted by Crippen LogP contribution is -2.36. The van der Waals surface area contributed by atoms with E-state index in [1.165, 1.54) is 0 Å². The number of pyridine rings is 1. The van der Waals surface area contributed by atoms with E-state index in [1.807, 2.05) is 0 Å². The monoisotopic (exact) mass is 264 g/mol. The van der Waals surface area contributed by atoms with E-state index in [-0.39, 0.29) is 0 Å². The molecule has 0 spiro atoms. The standard InChI is InChI=1S/C14H24N4O/c1-4-6-7-18(10(3)5-2)14-12(13(16)19)8-11(15)9-17-14/h8-10H,4-7,15H2,1-3H3,(H2,16,19). The third-order valence-corrected chi connectivity index (χ3v) is 3.30. The lowest BCUT2D eigenvalue weighted by molar-refractivity contribution is 0.100. The van der Waals surface area contributed by atoms with Crippen molar-refractivity contribution in [1.29, 1.82) is 0 Å². The van der Waals surface area contributed by atoms with Gasteiger partial charge in [-0.3, -0.25) is 4.79 Å². The van der Waals surface area contributed by atoms with Crippen LogP contribution in [0.4, 0.5) is 11.5 Å². The molecule has 0 aliphatic heterocycles. The summed E-state index contributed by atoms with van der Waals surface area (Å²) < 4.78 is 0. The van der Waals surface area contributed by atoms with Gasteiger partial charge in [0.2, 0.25) is 0 Å². The average Bonchev–Trinajstić information content (AvgIpc) is 2.39. The molecule has 0 aliphatic rings. The smallest absolute Gasteiger partial charge is 0.252 e. The third-order valence-electron chi connectivity index (χ3n) is 3.30. The van der Waals surface area contributed by atoms with Crippen molar-refractivity contribution in [3.05, 3.63) is 17.8 Å². The molecule has 106 valence electrons. The van der Waals surface area contributed by atoms with Crippen molar-refractivity contribution >= 4 is 17.4 Å². The van der Waals surface area contributed by atoms with Crippen molar-refractivity contribution in [1.82, 2.24) is 4.98 Å². The highest BCUT2D eigenvalue weighted by atomic mass is 16.1. The van der Waals surface area contributed by atoms with E-state index in [1.54, 1.807) is 12.3 Å². The van der Waals surface area contributed by atoms with Crippen LogP contribution < -0.4 is 16.4 Å². The highest BCUT2D eigenvalue weighted by molar-refractivity contribution is 5.98. The number of rotatable bonds is 7. The van der Waals surface area contributed by atoms with Gasteiger partial charge in [0.05, 0.1) is 17.4 Å². The molecule has 0 saturated carbocycles. The number of primary amides is 1. The Labute approximate surface area is 115 Å². The zero-order valence-corrected chi connectivity index (χ0v) is 12.0. The van der Waals surface area contributed by atoms with Crippen LogP contribution in [-0.2, 0) is 0 Å². The van der Waals surface area contributed by atoms with Crippen molar-refractivity contribution in [2.45, 2.75) is 46.1 Å². The molecule has 0 fully saturated rings. The summed E-state index contributed by atoms with van der Waals surface area (Å²) in [5.74, 6) is 0.157. The normalized spacial score (nSPS) is 12.2. The molecule has 0 aromatic carbocycles. The van der Waals surface area contributed by atoms with Gasteiger partial charge in [0.25, 0.3) is 5.91 Å². The Morgan fingerprint density at radius 2 is 2.16 bits per heavy atom. The van der Waals surface area contributed by atoms with Crippen LogP contribution in [0.3, 0.4) is 0 Å². The van der Waals surface area contributed by atoms with Crippen LogP contribution in [0.1, 0.15) is 50.4 Å². The number of anilines is 2. The zero-order chi connectivity index (χ0) is 14.4. The van der Waals surface area contributed by atoms with E-state index in [9.17, 15) is 4.79 Å². The summed E-state index contributed by atoms with van der Waals surface area (Å²) in [5, 5.41) is 0. The molecule has 1 amide bonds. The van der Waals surface area contributed by atoms with Crippen LogP contribution in [0, 0.1) is 0 Å². The van der Waals surface area contributed by atoms with E-state index in [0.717, 1.165) is 25.8 Å². The number of nitrogens with two attached hydrogens (primary N) is 2. The second-order valence-corrected chi connectivity index (χ2v) is 4.81. The van der Waals surface area contributed by atoms with Crippen LogP contribution in [0.25, 0.3) is 0 Å². The molecule has 4 N–H and O–H groups in total. The summed E-state index contributed by atoms with van der Waals surface area (Å²) in [6, 6.07) is 1.91. The van der Waals surface area contributed by atoms with Gasteiger partial charge in [0.1, 0.15) is 5.82 Å². The molecule has 1 aromatic rings. The molecule has 5 nitrogen and oxygen atoms in total. The van der Waals surface area contributed by atoms with Crippen molar-refractivity contribution in [2.24, 2.45) is 5.73 Å². The van der Waals surface area contributed by atoms with Crippen LogP contribution in [-0.4, -0.2) is 23.5 Å². The molecule has 5 heteroatoms. The number of aromatic nitrogens is 1. The van der Waals surface area contributed by atoms with E-state index in [4.69, 9.17) is 11.5 Å². The zero-order valence-electron chi connectivity index (χ0n) is 12.0. The van der Waals surface area contributed by atoms with Gasteiger partial charge in [-0.25, -0.2) is 4.98 Å². The van der Waals surface area contributed by atoms with Crippen LogP contribution in [0.2, 0.25) is 0 Å². The van der Waals surface area contributed by atoms with Crippen LogP contribution in [0.5, 0.6) is 0 Å². The molecule has 1 aromatic heterocycles.